The Morgan fingerprint density at radius 2 is 2.28 bits per heavy atom. The molecule has 1 aliphatic heterocycles. The second-order valence-corrected chi connectivity index (χ2v) is 5.69. The molecule has 0 aliphatic carbocycles. The molecule has 0 aromatic heterocycles. The van der Waals surface area contributed by atoms with Crippen molar-refractivity contribution in [3.05, 3.63) is 34.1 Å². The number of halogens is 2. The van der Waals surface area contributed by atoms with Crippen molar-refractivity contribution in [3.8, 4) is 0 Å². The lowest BCUT2D eigenvalue weighted by atomic mass is 9.99. The van der Waals surface area contributed by atoms with Gasteiger partial charge in [-0.3, -0.25) is 0 Å². The largest absolute Gasteiger partial charge is 0.393 e. The predicted octanol–water partition coefficient (Wildman–Crippen LogP) is 3.45. The van der Waals surface area contributed by atoms with Crippen LogP contribution in [0.1, 0.15) is 31.2 Å². The molecule has 18 heavy (non-hydrogen) atoms. The minimum Gasteiger partial charge on any atom is -0.393 e. The Hall–Kier alpha value is -0.450. The molecule has 2 unspecified atom stereocenters. The predicted molar refractivity (Wildman–Crippen MR) is 72.0 cm³/mol. The van der Waals surface area contributed by atoms with Gasteiger partial charge in [-0.05, 0) is 65.7 Å². The second-order valence-electron chi connectivity index (χ2n) is 4.83. The topological polar surface area (TPSA) is 29.5 Å². The van der Waals surface area contributed by atoms with Gasteiger partial charge in [0.15, 0.2) is 0 Å². The molecular formula is C14H18BrFO2. The minimum atomic E-state index is -0.425. The third-order valence-electron chi connectivity index (χ3n) is 3.26. The number of aliphatic hydroxyl groups excluding tert-OH is 1. The van der Waals surface area contributed by atoms with Crippen molar-refractivity contribution in [1.29, 1.82) is 0 Å². The number of hydrogen-bond donors (Lipinski definition) is 1. The van der Waals surface area contributed by atoms with E-state index in [9.17, 15) is 9.50 Å². The molecule has 1 aromatic rings. The number of aliphatic hydroxyl groups is 1. The average Bonchev–Trinajstić information content (AvgIpc) is 2.35. The van der Waals surface area contributed by atoms with E-state index in [0.29, 0.717) is 17.3 Å². The number of hydrogen-bond acceptors (Lipinski definition) is 2. The summed E-state index contributed by atoms with van der Waals surface area (Å²) in [6.07, 6.45) is 4.29. The smallest absolute Gasteiger partial charge is 0.137 e. The van der Waals surface area contributed by atoms with Crippen molar-refractivity contribution < 1.29 is 14.2 Å². The number of rotatable bonds is 4. The molecule has 1 aliphatic rings. The summed E-state index contributed by atoms with van der Waals surface area (Å²) < 4.78 is 19.1. The lowest BCUT2D eigenvalue weighted by molar-refractivity contribution is -0.0147. The molecule has 2 atom stereocenters. The molecule has 4 heteroatoms. The van der Waals surface area contributed by atoms with Gasteiger partial charge in [-0.1, -0.05) is 6.07 Å². The molecule has 2 nitrogen and oxygen atoms in total. The fourth-order valence-corrected chi connectivity index (χ4v) is 2.74. The zero-order chi connectivity index (χ0) is 13.0. The van der Waals surface area contributed by atoms with Crippen LogP contribution >= 0.6 is 15.9 Å². The van der Waals surface area contributed by atoms with E-state index in [4.69, 9.17) is 4.74 Å². The first-order chi connectivity index (χ1) is 8.65. The molecule has 0 radical (unpaired) electrons. The van der Waals surface area contributed by atoms with E-state index in [1.807, 2.05) is 0 Å². The van der Waals surface area contributed by atoms with Crippen LogP contribution in [0.3, 0.4) is 0 Å². The molecule has 0 spiro atoms. The van der Waals surface area contributed by atoms with Gasteiger partial charge in [0.05, 0.1) is 16.7 Å². The van der Waals surface area contributed by atoms with Crippen molar-refractivity contribution in [2.45, 2.75) is 44.3 Å². The third kappa shape index (κ3) is 4.04. The highest BCUT2D eigenvalue weighted by atomic mass is 79.9. The van der Waals surface area contributed by atoms with E-state index in [1.165, 1.54) is 12.5 Å². The van der Waals surface area contributed by atoms with Crippen molar-refractivity contribution >= 4 is 15.9 Å². The van der Waals surface area contributed by atoms with Gasteiger partial charge in [0, 0.05) is 6.61 Å². The van der Waals surface area contributed by atoms with Gasteiger partial charge >= 0.3 is 0 Å². The maximum absolute atomic E-state index is 13.1. The molecule has 0 bridgehead atoms. The standard InChI is InChI=1S/C14H18BrFO2/c15-13-8-10(4-5-14(13)16)7-11(17)9-12-3-1-2-6-18-12/h4-5,8,11-12,17H,1-3,6-7,9H2. The summed E-state index contributed by atoms with van der Waals surface area (Å²) in [6.45, 7) is 0.805. The molecule has 2 rings (SSSR count). The molecule has 0 amide bonds. The van der Waals surface area contributed by atoms with Crippen LogP contribution in [0, 0.1) is 5.82 Å². The third-order valence-corrected chi connectivity index (χ3v) is 3.87. The van der Waals surface area contributed by atoms with E-state index in [0.717, 1.165) is 25.0 Å². The molecule has 1 fully saturated rings. The molecule has 1 saturated heterocycles. The second kappa shape index (κ2) is 6.64. The first kappa shape index (κ1) is 14.0. The summed E-state index contributed by atoms with van der Waals surface area (Å²) in [6, 6.07) is 4.86. The highest BCUT2D eigenvalue weighted by Gasteiger charge is 2.18. The highest BCUT2D eigenvalue weighted by molar-refractivity contribution is 9.10. The van der Waals surface area contributed by atoms with Crippen LogP contribution in [0.5, 0.6) is 0 Å². The Balaban J connectivity index is 1.85. The average molecular weight is 317 g/mol. The van der Waals surface area contributed by atoms with E-state index in [-0.39, 0.29) is 11.9 Å². The number of benzene rings is 1. The molecule has 1 N–H and O–H groups in total. The van der Waals surface area contributed by atoms with Crippen LogP contribution in [0.15, 0.2) is 22.7 Å². The van der Waals surface area contributed by atoms with Crippen molar-refractivity contribution in [2.75, 3.05) is 6.61 Å². The quantitative estimate of drug-likeness (QED) is 0.922. The lowest BCUT2D eigenvalue weighted by Gasteiger charge is -2.24. The Morgan fingerprint density at radius 1 is 1.44 bits per heavy atom. The number of ether oxygens (including phenoxy) is 1. The Kier molecular flexibility index (Phi) is 5.15. The van der Waals surface area contributed by atoms with Crippen LogP contribution in [0.4, 0.5) is 4.39 Å². The van der Waals surface area contributed by atoms with Crippen molar-refractivity contribution in [1.82, 2.24) is 0 Å². The van der Waals surface area contributed by atoms with Crippen LogP contribution in [0.2, 0.25) is 0 Å². The Bertz CT molecular complexity index is 391. The van der Waals surface area contributed by atoms with Crippen molar-refractivity contribution in [2.24, 2.45) is 0 Å². The molecule has 0 saturated carbocycles. The summed E-state index contributed by atoms with van der Waals surface area (Å²) in [5, 5.41) is 10.0. The van der Waals surface area contributed by atoms with Crippen LogP contribution in [-0.4, -0.2) is 23.9 Å². The molecule has 1 aromatic carbocycles. The summed E-state index contributed by atoms with van der Waals surface area (Å²) in [4.78, 5) is 0. The zero-order valence-corrected chi connectivity index (χ0v) is 11.8. The Morgan fingerprint density at radius 3 is 2.94 bits per heavy atom. The van der Waals surface area contributed by atoms with Crippen LogP contribution in [0.25, 0.3) is 0 Å². The summed E-state index contributed by atoms with van der Waals surface area (Å²) >= 11 is 3.15. The highest BCUT2D eigenvalue weighted by Crippen LogP contribution is 2.21. The fourth-order valence-electron chi connectivity index (χ4n) is 2.32. The van der Waals surface area contributed by atoms with Gasteiger partial charge < -0.3 is 9.84 Å². The van der Waals surface area contributed by atoms with Gasteiger partial charge in [-0.25, -0.2) is 4.39 Å². The van der Waals surface area contributed by atoms with Crippen LogP contribution < -0.4 is 0 Å². The maximum Gasteiger partial charge on any atom is 0.137 e. The summed E-state index contributed by atoms with van der Waals surface area (Å²) in [5.41, 5.74) is 0.937. The molecular weight excluding hydrogens is 299 g/mol. The Labute approximate surface area is 115 Å². The van der Waals surface area contributed by atoms with E-state index in [2.05, 4.69) is 15.9 Å². The first-order valence-electron chi connectivity index (χ1n) is 6.39. The fraction of sp³-hybridized carbons (Fsp3) is 0.571. The van der Waals surface area contributed by atoms with E-state index < -0.39 is 6.10 Å². The van der Waals surface area contributed by atoms with Crippen molar-refractivity contribution in [3.63, 3.8) is 0 Å². The monoisotopic (exact) mass is 316 g/mol. The van der Waals surface area contributed by atoms with Gasteiger partial charge in [-0.15, -0.1) is 0 Å². The van der Waals surface area contributed by atoms with Gasteiger partial charge in [0.25, 0.3) is 0 Å². The van der Waals surface area contributed by atoms with Gasteiger partial charge in [0.2, 0.25) is 0 Å². The maximum atomic E-state index is 13.1. The lowest BCUT2D eigenvalue weighted by Crippen LogP contribution is -2.25. The van der Waals surface area contributed by atoms with Crippen LogP contribution in [-0.2, 0) is 11.2 Å². The molecule has 1 heterocycles. The summed E-state index contributed by atoms with van der Waals surface area (Å²) in [5.74, 6) is -0.274. The van der Waals surface area contributed by atoms with E-state index >= 15 is 0 Å². The summed E-state index contributed by atoms with van der Waals surface area (Å²) in [7, 11) is 0. The molecule has 100 valence electrons. The zero-order valence-electron chi connectivity index (χ0n) is 10.2. The first-order valence-corrected chi connectivity index (χ1v) is 7.18. The van der Waals surface area contributed by atoms with E-state index in [1.54, 1.807) is 12.1 Å². The SMILES string of the molecule is OC(Cc1ccc(F)c(Br)c1)CC1CCCCO1. The minimum absolute atomic E-state index is 0.178. The van der Waals surface area contributed by atoms with Gasteiger partial charge in [0.1, 0.15) is 5.82 Å². The normalized spacial score (nSPS) is 21.8. The van der Waals surface area contributed by atoms with Gasteiger partial charge in [-0.2, -0.15) is 0 Å².